The van der Waals surface area contributed by atoms with Crippen LogP contribution in [0, 0.1) is 5.92 Å². The number of hydrogen-bond donors (Lipinski definition) is 0. The standard InChI is InChI=1S/C22H21ClN4O2/c1-14(2)13-27-22(28)26-11-10-18(16-6-9-19(29-3)24-12-16)20(21(26)25-27)15-4-7-17(23)8-5-15/h4-12,14H,13H2,1-3H3. The number of aromatic nitrogens is 4. The first-order valence-electron chi connectivity index (χ1n) is 9.36. The Balaban J connectivity index is 2.00. The number of hydrogen-bond acceptors (Lipinski definition) is 4. The molecule has 3 heterocycles. The summed E-state index contributed by atoms with van der Waals surface area (Å²) in [7, 11) is 1.58. The van der Waals surface area contributed by atoms with E-state index in [-0.39, 0.29) is 5.69 Å². The summed E-state index contributed by atoms with van der Waals surface area (Å²) in [5, 5.41) is 5.31. The van der Waals surface area contributed by atoms with Gasteiger partial charge in [0, 0.05) is 41.2 Å². The molecule has 4 rings (SSSR count). The highest BCUT2D eigenvalue weighted by molar-refractivity contribution is 6.30. The van der Waals surface area contributed by atoms with E-state index in [0.717, 1.165) is 22.3 Å². The van der Waals surface area contributed by atoms with E-state index in [1.165, 1.54) is 4.68 Å². The molecule has 0 radical (unpaired) electrons. The van der Waals surface area contributed by atoms with Gasteiger partial charge >= 0.3 is 5.69 Å². The van der Waals surface area contributed by atoms with Crippen molar-refractivity contribution in [1.29, 1.82) is 0 Å². The molecule has 1 aromatic carbocycles. The molecule has 0 N–H and O–H groups in total. The van der Waals surface area contributed by atoms with Crippen LogP contribution in [-0.2, 0) is 6.54 Å². The number of nitrogens with zero attached hydrogens (tertiary/aromatic N) is 4. The summed E-state index contributed by atoms with van der Waals surface area (Å²) in [6, 6.07) is 13.2. The van der Waals surface area contributed by atoms with Crippen LogP contribution in [0.5, 0.6) is 5.88 Å². The van der Waals surface area contributed by atoms with E-state index < -0.39 is 0 Å². The summed E-state index contributed by atoms with van der Waals surface area (Å²) in [6.07, 6.45) is 3.52. The molecular formula is C22H21ClN4O2. The van der Waals surface area contributed by atoms with Crippen LogP contribution in [-0.4, -0.2) is 26.3 Å². The second-order valence-electron chi connectivity index (χ2n) is 7.25. The Hall–Kier alpha value is -3.12. The van der Waals surface area contributed by atoms with Gasteiger partial charge in [-0.15, -0.1) is 5.10 Å². The van der Waals surface area contributed by atoms with Gasteiger partial charge in [-0.25, -0.2) is 18.9 Å². The van der Waals surface area contributed by atoms with Crippen molar-refractivity contribution >= 4 is 17.2 Å². The molecule has 0 aliphatic rings. The summed E-state index contributed by atoms with van der Waals surface area (Å²) in [6.45, 7) is 4.68. The molecule has 3 aromatic heterocycles. The fraction of sp³-hybridized carbons (Fsp3) is 0.227. The molecule has 0 amide bonds. The largest absolute Gasteiger partial charge is 0.481 e. The van der Waals surface area contributed by atoms with Crippen LogP contribution in [0.4, 0.5) is 0 Å². The lowest BCUT2D eigenvalue weighted by Crippen LogP contribution is -2.23. The van der Waals surface area contributed by atoms with Gasteiger partial charge in [0.2, 0.25) is 5.88 Å². The van der Waals surface area contributed by atoms with E-state index in [1.54, 1.807) is 23.9 Å². The highest BCUT2D eigenvalue weighted by atomic mass is 35.5. The number of methoxy groups -OCH3 is 1. The van der Waals surface area contributed by atoms with E-state index in [0.29, 0.717) is 29.0 Å². The van der Waals surface area contributed by atoms with E-state index in [9.17, 15) is 4.79 Å². The number of halogens is 1. The minimum absolute atomic E-state index is 0.150. The van der Waals surface area contributed by atoms with Gasteiger partial charge in [0.1, 0.15) is 0 Å². The van der Waals surface area contributed by atoms with Crippen molar-refractivity contribution in [1.82, 2.24) is 19.2 Å². The minimum Gasteiger partial charge on any atom is -0.481 e. The fourth-order valence-electron chi connectivity index (χ4n) is 3.34. The van der Waals surface area contributed by atoms with Gasteiger partial charge in [0.15, 0.2) is 5.65 Å². The van der Waals surface area contributed by atoms with Crippen LogP contribution in [0.25, 0.3) is 27.9 Å². The molecule has 0 aliphatic carbocycles. The average molecular weight is 409 g/mol. The Morgan fingerprint density at radius 1 is 1.07 bits per heavy atom. The predicted molar refractivity (Wildman–Crippen MR) is 115 cm³/mol. The maximum absolute atomic E-state index is 12.8. The first kappa shape index (κ1) is 19.2. The lowest BCUT2D eigenvalue weighted by atomic mass is 9.97. The fourth-order valence-corrected chi connectivity index (χ4v) is 3.47. The average Bonchev–Trinajstić information content (AvgIpc) is 3.03. The van der Waals surface area contributed by atoms with Gasteiger partial charge in [0.25, 0.3) is 0 Å². The molecule has 4 aromatic rings. The van der Waals surface area contributed by atoms with Crippen molar-refractivity contribution in [2.24, 2.45) is 5.92 Å². The maximum atomic E-state index is 12.8. The van der Waals surface area contributed by atoms with Crippen molar-refractivity contribution in [3.63, 3.8) is 0 Å². The van der Waals surface area contributed by atoms with Gasteiger partial charge in [-0.2, -0.15) is 0 Å². The van der Waals surface area contributed by atoms with Crippen LogP contribution in [0.15, 0.2) is 59.7 Å². The van der Waals surface area contributed by atoms with Gasteiger partial charge in [-0.1, -0.05) is 37.6 Å². The lowest BCUT2D eigenvalue weighted by Gasteiger charge is -2.11. The van der Waals surface area contributed by atoms with Crippen LogP contribution in [0.2, 0.25) is 5.02 Å². The Bertz CT molecular complexity index is 1210. The van der Waals surface area contributed by atoms with E-state index >= 15 is 0 Å². The Morgan fingerprint density at radius 3 is 2.41 bits per heavy atom. The maximum Gasteiger partial charge on any atom is 0.350 e. The summed E-state index contributed by atoms with van der Waals surface area (Å²) >= 11 is 6.10. The van der Waals surface area contributed by atoms with E-state index in [1.807, 2.05) is 42.5 Å². The van der Waals surface area contributed by atoms with E-state index in [2.05, 4.69) is 23.9 Å². The third kappa shape index (κ3) is 3.63. The van der Waals surface area contributed by atoms with Gasteiger partial charge in [-0.05, 0) is 41.3 Å². The Morgan fingerprint density at radius 2 is 1.79 bits per heavy atom. The van der Waals surface area contributed by atoms with Crippen molar-refractivity contribution in [2.75, 3.05) is 7.11 Å². The predicted octanol–water partition coefficient (Wildman–Crippen LogP) is 4.54. The topological polar surface area (TPSA) is 61.4 Å². The van der Waals surface area contributed by atoms with Crippen LogP contribution >= 0.6 is 11.6 Å². The van der Waals surface area contributed by atoms with Crippen LogP contribution < -0.4 is 10.4 Å². The second kappa shape index (κ2) is 7.72. The summed E-state index contributed by atoms with van der Waals surface area (Å²) in [4.78, 5) is 17.2. The molecule has 148 valence electrons. The normalized spacial score (nSPS) is 11.3. The smallest absolute Gasteiger partial charge is 0.350 e. The van der Waals surface area contributed by atoms with Gasteiger partial charge in [-0.3, -0.25) is 0 Å². The number of benzene rings is 1. The molecule has 0 unspecified atom stereocenters. The zero-order valence-corrected chi connectivity index (χ0v) is 17.2. The number of ether oxygens (including phenoxy) is 1. The van der Waals surface area contributed by atoms with Gasteiger partial charge < -0.3 is 4.74 Å². The highest BCUT2D eigenvalue weighted by Crippen LogP contribution is 2.35. The molecular weight excluding hydrogens is 388 g/mol. The zero-order valence-electron chi connectivity index (χ0n) is 16.5. The summed E-state index contributed by atoms with van der Waals surface area (Å²) in [5.41, 5.74) is 4.07. The number of rotatable bonds is 5. The quantitative estimate of drug-likeness (QED) is 0.486. The SMILES string of the molecule is COc1ccc(-c2ccn3c(=O)n(CC(C)C)nc3c2-c2ccc(Cl)cc2)cn1. The lowest BCUT2D eigenvalue weighted by molar-refractivity contribution is 0.398. The molecule has 0 atom stereocenters. The molecule has 0 fully saturated rings. The first-order chi connectivity index (χ1) is 14.0. The Kier molecular flexibility index (Phi) is 5.11. The molecule has 0 saturated heterocycles. The van der Waals surface area contributed by atoms with Crippen molar-refractivity contribution in [2.45, 2.75) is 20.4 Å². The second-order valence-corrected chi connectivity index (χ2v) is 7.69. The molecule has 7 heteroatoms. The third-order valence-corrected chi connectivity index (χ3v) is 4.93. The minimum atomic E-state index is -0.150. The molecule has 29 heavy (non-hydrogen) atoms. The summed E-state index contributed by atoms with van der Waals surface area (Å²) in [5.74, 6) is 0.849. The molecule has 0 bridgehead atoms. The van der Waals surface area contributed by atoms with Gasteiger partial charge in [0.05, 0.1) is 7.11 Å². The summed E-state index contributed by atoms with van der Waals surface area (Å²) < 4.78 is 8.29. The van der Waals surface area contributed by atoms with E-state index in [4.69, 9.17) is 16.3 Å². The van der Waals surface area contributed by atoms with Crippen molar-refractivity contribution in [3.8, 4) is 28.1 Å². The van der Waals surface area contributed by atoms with Crippen molar-refractivity contribution in [3.05, 3.63) is 70.4 Å². The molecule has 0 saturated carbocycles. The number of pyridine rings is 2. The van der Waals surface area contributed by atoms with Crippen LogP contribution in [0.3, 0.4) is 0 Å². The highest BCUT2D eigenvalue weighted by Gasteiger charge is 2.18. The molecule has 6 nitrogen and oxygen atoms in total. The third-order valence-electron chi connectivity index (χ3n) is 4.68. The first-order valence-corrected chi connectivity index (χ1v) is 9.74. The molecule has 0 spiro atoms. The zero-order chi connectivity index (χ0) is 20.5. The molecule has 0 aliphatic heterocycles. The monoisotopic (exact) mass is 408 g/mol. The number of fused-ring (bicyclic) bond motifs is 1. The Labute approximate surface area is 173 Å². The van der Waals surface area contributed by atoms with Crippen molar-refractivity contribution < 1.29 is 4.74 Å². The van der Waals surface area contributed by atoms with Crippen LogP contribution in [0.1, 0.15) is 13.8 Å².